The maximum atomic E-state index is 12.3. The summed E-state index contributed by atoms with van der Waals surface area (Å²) in [5, 5.41) is 3.65. The molecule has 0 fully saturated rings. The number of hydrogen-bond acceptors (Lipinski definition) is 4. The van der Waals surface area contributed by atoms with Crippen molar-refractivity contribution in [1.29, 1.82) is 0 Å². The van der Waals surface area contributed by atoms with Gasteiger partial charge in [-0.3, -0.25) is 9.78 Å². The van der Waals surface area contributed by atoms with E-state index in [2.05, 4.69) is 15.3 Å². The monoisotopic (exact) mass is 264 g/mol. The number of nitrogens with two attached hydrogens (primary N) is 1. The number of nitrogens with one attached hydrogen (secondary N) is 1. The minimum Gasteiger partial charge on any atom is -0.397 e. The highest BCUT2D eigenvalue weighted by atomic mass is 16.1. The second-order valence-electron chi connectivity index (χ2n) is 4.31. The average Bonchev–Trinajstić information content (AvgIpc) is 2.49. The van der Waals surface area contributed by atoms with Crippen molar-refractivity contribution >= 4 is 28.3 Å². The molecule has 5 heteroatoms. The molecule has 0 radical (unpaired) electrons. The number of nitrogens with zero attached hydrogens (tertiary/aromatic N) is 2. The molecule has 2 heterocycles. The van der Waals surface area contributed by atoms with Crippen molar-refractivity contribution in [2.75, 3.05) is 11.1 Å². The Hall–Kier alpha value is -2.95. The fraction of sp³-hybridized carbons (Fsp3) is 0. The van der Waals surface area contributed by atoms with Crippen LogP contribution in [0.25, 0.3) is 10.9 Å². The number of nitrogen functional groups attached to an aromatic ring is 1. The molecule has 0 aliphatic carbocycles. The molecule has 20 heavy (non-hydrogen) atoms. The standard InChI is InChI=1S/C15H12N4O/c16-11-6-7-13(18-9-11)19-15(20)12-5-1-3-10-4-2-8-17-14(10)12/h1-9H,16H2,(H,18,19,20). The van der Waals surface area contributed by atoms with E-state index in [4.69, 9.17) is 5.73 Å². The first-order chi connectivity index (χ1) is 9.74. The van der Waals surface area contributed by atoms with Crippen LogP contribution in [0.3, 0.4) is 0 Å². The topological polar surface area (TPSA) is 80.9 Å². The summed E-state index contributed by atoms with van der Waals surface area (Å²) in [4.78, 5) is 20.6. The van der Waals surface area contributed by atoms with Gasteiger partial charge in [0.1, 0.15) is 5.82 Å². The molecule has 0 spiro atoms. The van der Waals surface area contributed by atoms with Crippen LogP contribution in [0.15, 0.2) is 54.9 Å². The summed E-state index contributed by atoms with van der Waals surface area (Å²) in [5.74, 6) is 0.212. The molecule has 0 saturated carbocycles. The number of fused-ring (bicyclic) bond motifs is 1. The number of amides is 1. The maximum absolute atomic E-state index is 12.3. The smallest absolute Gasteiger partial charge is 0.259 e. The van der Waals surface area contributed by atoms with E-state index in [0.717, 1.165) is 5.39 Å². The second-order valence-corrected chi connectivity index (χ2v) is 4.31. The maximum Gasteiger partial charge on any atom is 0.259 e. The number of carbonyl (C=O) groups is 1. The summed E-state index contributed by atoms with van der Waals surface area (Å²) < 4.78 is 0. The molecular weight excluding hydrogens is 252 g/mol. The van der Waals surface area contributed by atoms with Gasteiger partial charge >= 0.3 is 0 Å². The minimum absolute atomic E-state index is 0.244. The van der Waals surface area contributed by atoms with Gasteiger partial charge in [0, 0.05) is 11.6 Å². The summed E-state index contributed by atoms with van der Waals surface area (Å²) in [7, 11) is 0. The van der Waals surface area contributed by atoms with Gasteiger partial charge in [-0.1, -0.05) is 18.2 Å². The third-order valence-electron chi connectivity index (χ3n) is 2.91. The molecule has 98 valence electrons. The van der Waals surface area contributed by atoms with Crippen LogP contribution in [-0.4, -0.2) is 15.9 Å². The highest BCUT2D eigenvalue weighted by molar-refractivity contribution is 6.11. The van der Waals surface area contributed by atoms with E-state index in [-0.39, 0.29) is 5.91 Å². The highest BCUT2D eigenvalue weighted by Gasteiger charge is 2.11. The average molecular weight is 264 g/mol. The van der Waals surface area contributed by atoms with Crippen LogP contribution in [0.5, 0.6) is 0 Å². The van der Waals surface area contributed by atoms with Crippen molar-refractivity contribution in [1.82, 2.24) is 9.97 Å². The van der Waals surface area contributed by atoms with E-state index >= 15 is 0 Å². The lowest BCUT2D eigenvalue weighted by Gasteiger charge is -2.06. The number of benzene rings is 1. The number of anilines is 2. The lowest BCUT2D eigenvalue weighted by Crippen LogP contribution is -2.13. The Kier molecular flexibility index (Phi) is 3.01. The van der Waals surface area contributed by atoms with Gasteiger partial charge in [-0.25, -0.2) is 4.98 Å². The number of rotatable bonds is 2. The third kappa shape index (κ3) is 2.29. The summed E-state index contributed by atoms with van der Waals surface area (Å²) in [6.45, 7) is 0. The Bertz CT molecular complexity index is 763. The van der Waals surface area contributed by atoms with Crippen LogP contribution >= 0.6 is 0 Å². The second kappa shape index (κ2) is 4.97. The van der Waals surface area contributed by atoms with Crippen LogP contribution < -0.4 is 11.1 Å². The molecule has 0 unspecified atom stereocenters. The third-order valence-corrected chi connectivity index (χ3v) is 2.91. The van der Waals surface area contributed by atoms with Gasteiger partial charge in [-0.15, -0.1) is 0 Å². The zero-order valence-corrected chi connectivity index (χ0v) is 10.6. The number of para-hydroxylation sites is 1. The van der Waals surface area contributed by atoms with E-state index in [9.17, 15) is 4.79 Å². The molecule has 0 aliphatic rings. The SMILES string of the molecule is Nc1ccc(NC(=O)c2cccc3cccnc23)nc1. The van der Waals surface area contributed by atoms with E-state index in [1.165, 1.54) is 6.20 Å². The predicted molar refractivity (Wildman–Crippen MR) is 78.3 cm³/mol. The molecule has 5 nitrogen and oxygen atoms in total. The van der Waals surface area contributed by atoms with Crippen molar-refractivity contribution in [3.8, 4) is 0 Å². The van der Waals surface area contributed by atoms with Crippen molar-refractivity contribution in [3.05, 3.63) is 60.4 Å². The van der Waals surface area contributed by atoms with Gasteiger partial charge in [-0.2, -0.15) is 0 Å². The molecule has 0 saturated heterocycles. The Morgan fingerprint density at radius 3 is 2.70 bits per heavy atom. The molecule has 3 aromatic rings. The largest absolute Gasteiger partial charge is 0.397 e. The number of aromatic nitrogens is 2. The summed E-state index contributed by atoms with van der Waals surface area (Å²) in [5.41, 5.74) is 7.29. The quantitative estimate of drug-likeness (QED) is 0.745. The molecule has 3 N–H and O–H groups in total. The lowest BCUT2D eigenvalue weighted by molar-refractivity contribution is 0.102. The Morgan fingerprint density at radius 2 is 1.90 bits per heavy atom. The van der Waals surface area contributed by atoms with E-state index < -0.39 is 0 Å². The summed E-state index contributed by atoms with van der Waals surface area (Å²) in [6, 6.07) is 12.6. The van der Waals surface area contributed by atoms with Gasteiger partial charge < -0.3 is 11.1 Å². The number of carbonyl (C=O) groups excluding carboxylic acids is 1. The van der Waals surface area contributed by atoms with Gasteiger partial charge in [0.05, 0.1) is 23.0 Å². The van der Waals surface area contributed by atoms with Crippen LogP contribution in [0.2, 0.25) is 0 Å². The van der Waals surface area contributed by atoms with Gasteiger partial charge in [-0.05, 0) is 24.3 Å². The Balaban J connectivity index is 1.94. The van der Waals surface area contributed by atoms with Crippen LogP contribution in [-0.2, 0) is 0 Å². The zero-order chi connectivity index (χ0) is 13.9. The Morgan fingerprint density at radius 1 is 1.05 bits per heavy atom. The summed E-state index contributed by atoms with van der Waals surface area (Å²) >= 11 is 0. The van der Waals surface area contributed by atoms with Crippen molar-refractivity contribution in [2.24, 2.45) is 0 Å². The number of hydrogen-bond donors (Lipinski definition) is 2. The highest BCUT2D eigenvalue weighted by Crippen LogP contribution is 2.17. The molecule has 0 aliphatic heterocycles. The Labute approximate surface area is 115 Å². The van der Waals surface area contributed by atoms with Gasteiger partial charge in [0.25, 0.3) is 5.91 Å². The lowest BCUT2D eigenvalue weighted by atomic mass is 10.1. The fourth-order valence-corrected chi connectivity index (χ4v) is 1.95. The molecule has 2 aromatic heterocycles. The minimum atomic E-state index is -0.244. The summed E-state index contributed by atoms with van der Waals surface area (Å²) in [6.07, 6.45) is 3.16. The van der Waals surface area contributed by atoms with Crippen LogP contribution in [0, 0.1) is 0 Å². The molecule has 0 atom stereocenters. The van der Waals surface area contributed by atoms with Crippen LogP contribution in [0.4, 0.5) is 11.5 Å². The first-order valence-corrected chi connectivity index (χ1v) is 6.11. The molecule has 0 bridgehead atoms. The van der Waals surface area contributed by atoms with Crippen molar-refractivity contribution < 1.29 is 4.79 Å². The molecule has 1 amide bonds. The zero-order valence-electron chi connectivity index (χ0n) is 10.6. The van der Waals surface area contributed by atoms with E-state index in [1.54, 1.807) is 24.4 Å². The van der Waals surface area contributed by atoms with Crippen molar-refractivity contribution in [2.45, 2.75) is 0 Å². The van der Waals surface area contributed by atoms with Gasteiger partial charge in [0.2, 0.25) is 0 Å². The first-order valence-electron chi connectivity index (χ1n) is 6.11. The van der Waals surface area contributed by atoms with Crippen LogP contribution in [0.1, 0.15) is 10.4 Å². The molecule has 1 aromatic carbocycles. The first kappa shape index (κ1) is 12.1. The fourth-order valence-electron chi connectivity index (χ4n) is 1.95. The van der Waals surface area contributed by atoms with E-state index in [1.807, 2.05) is 24.3 Å². The molecule has 3 rings (SSSR count). The number of pyridine rings is 2. The van der Waals surface area contributed by atoms with Gasteiger partial charge in [0.15, 0.2) is 0 Å². The van der Waals surface area contributed by atoms with E-state index in [0.29, 0.717) is 22.6 Å². The predicted octanol–water partition coefficient (Wildman–Crippen LogP) is 2.46. The molecular formula is C15H12N4O. The van der Waals surface area contributed by atoms with Crippen molar-refractivity contribution in [3.63, 3.8) is 0 Å². The normalized spacial score (nSPS) is 10.4.